The molecule has 2 aromatic heterocycles. The van der Waals surface area contributed by atoms with Crippen LogP contribution < -0.4 is 9.64 Å². The van der Waals surface area contributed by atoms with Crippen LogP contribution in [0.1, 0.15) is 109 Å². The average molecular weight is 803 g/mol. The van der Waals surface area contributed by atoms with E-state index in [1.165, 1.54) is 33.2 Å². The maximum absolute atomic E-state index is 7.08. The highest BCUT2D eigenvalue weighted by molar-refractivity contribution is 6.09. The first-order valence-corrected chi connectivity index (χ1v) is 21.9. The van der Waals surface area contributed by atoms with Crippen molar-refractivity contribution in [1.82, 2.24) is 14.5 Å². The summed E-state index contributed by atoms with van der Waals surface area (Å²) in [5, 5.41) is 2.35. The summed E-state index contributed by atoms with van der Waals surface area (Å²) >= 11 is 0. The molecule has 2 aliphatic heterocycles. The van der Waals surface area contributed by atoms with Gasteiger partial charge in [0.05, 0.1) is 16.7 Å². The molecule has 5 heteroatoms. The molecule has 9 rings (SSSR count). The first-order valence-electron chi connectivity index (χ1n) is 21.9. The summed E-state index contributed by atoms with van der Waals surface area (Å²) in [4.78, 5) is 9.69. The molecule has 0 fully saturated rings. The molecule has 2 aliphatic rings. The molecule has 5 nitrogen and oxygen atoms in total. The Labute approximate surface area is 362 Å². The number of rotatable bonds is 8. The number of aromatic nitrogens is 2. The van der Waals surface area contributed by atoms with Gasteiger partial charge in [-0.15, -0.1) is 0 Å². The van der Waals surface area contributed by atoms with Gasteiger partial charge in [0.2, 0.25) is 0 Å². The van der Waals surface area contributed by atoms with E-state index in [9.17, 15) is 0 Å². The van der Waals surface area contributed by atoms with Crippen LogP contribution in [0.3, 0.4) is 0 Å². The van der Waals surface area contributed by atoms with Gasteiger partial charge >= 0.3 is 0 Å². The summed E-state index contributed by atoms with van der Waals surface area (Å²) in [6.45, 7) is 22.7. The van der Waals surface area contributed by atoms with Gasteiger partial charge in [0.1, 0.15) is 23.5 Å². The normalized spacial score (nSPS) is 15.4. The predicted molar refractivity (Wildman–Crippen MR) is 257 cm³/mol. The van der Waals surface area contributed by atoms with E-state index in [1.807, 2.05) is 6.20 Å². The molecule has 1 atom stereocenters. The van der Waals surface area contributed by atoms with Crippen LogP contribution in [0.25, 0.3) is 44.4 Å². The number of nitrogens with zero attached hydrogens (tertiary/aromatic N) is 4. The molecule has 0 radical (unpaired) electrons. The zero-order valence-electron chi connectivity index (χ0n) is 37.4. The van der Waals surface area contributed by atoms with Crippen LogP contribution in [0.15, 0.2) is 152 Å². The smallest absolute Gasteiger partial charge is 0.137 e. The van der Waals surface area contributed by atoms with Gasteiger partial charge in [0, 0.05) is 46.7 Å². The molecule has 7 aromatic rings. The molecule has 4 heterocycles. The SMILES string of the molecule is CC(C)c1cccc(C(C)C)c1-c1cc(Oc2ccc3c4ccccc4n(-c4cc(C(C)(C)C)ccn4)c3c2)cc(C2=CN(c3ccc(C(C)(C)C)cc3)C3C=CC=CN23)c1. The van der Waals surface area contributed by atoms with Crippen molar-refractivity contribution in [2.45, 2.75) is 98.1 Å². The molecule has 0 amide bonds. The lowest BCUT2D eigenvalue weighted by Gasteiger charge is -2.32. The lowest BCUT2D eigenvalue weighted by atomic mass is 9.84. The van der Waals surface area contributed by atoms with E-state index in [-0.39, 0.29) is 17.0 Å². The number of fused-ring (bicyclic) bond motifs is 4. The third kappa shape index (κ3) is 7.45. The van der Waals surface area contributed by atoms with E-state index in [0.717, 1.165) is 56.2 Å². The Morgan fingerprint density at radius 1 is 0.590 bits per heavy atom. The third-order valence-electron chi connectivity index (χ3n) is 12.4. The van der Waals surface area contributed by atoms with E-state index >= 15 is 0 Å². The second kappa shape index (κ2) is 15.3. The Kier molecular flexibility index (Phi) is 10.1. The van der Waals surface area contributed by atoms with Crippen LogP contribution in [0.5, 0.6) is 11.5 Å². The van der Waals surface area contributed by atoms with Crippen molar-refractivity contribution in [3.8, 4) is 28.4 Å². The zero-order valence-corrected chi connectivity index (χ0v) is 37.4. The molecule has 308 valence electrons. The lowest BCUT2D eigenvalue weighted by Crippen LogP contribution is -2.36. The topological polar surface area (TPSA) is 33.5 Å². The molecule has 0 saturated heterocycles. The quantitative estimate of drug-likeness (QED) is 0.153. The minimum absolute atomic E-state index is 0.0115. The van der Waals surface area contributed by atoms with Crippen LogP contribution in [0.2, 0.25) is 0 Å². The van der Waals surface area contributed by atoms with Crippen LogP contribution >= 0.6 is 0 Å². The van der Waals surface area contributed by atoms with Gasteiger partial charge in [-0.25, -0.2) is 4.98 Å². The van der Waals surface area contributed by atoms with Crippen LogP contribution in [-0.2, 0) is 10.8 Å². The van der Waals surface area contributed by atoms with Crippen LogP contribution in [0, 0.1) is 0 Å². The van der Waals surface area contributed by atoms with Gasteiger partial charge in [-0.05, 0) is 129 Å². The summed E-state index contributed by atoms with van der Waals surface area (Å²) in [5.74, 6) is 3.14. The number of ether oxygens (including phenoxy) is 1. The number of anilines is 1. The fraction of sp³-hybridized carbons (Fsp3) is 0.268. The van der Waals surface area contributed by atoms with Gasteiger partial charge in [-0.1, -0.05) is 124 Å². The van der Waals surface area contributed by atoms with Crippen molar-refractivity contribution in [3.05, 3.63) is 180 Å². The Balaban J connectivity index is 1.21. The minimum Gasteiger partial charge on any atom is -0.457 e. The predicted octanol–water partition coefficient (Wildman–Crippen LogP) is 15.0. The maximum Gasteiger partial charge on any atom is 0.137 e. The fourth-order valence-electron chi connectivity index (χ4n) is 9.03. The largest absolute Gasteiger partial charge is 0.457 e. The van der Waals surface area contributed by atoms with Gasteiger partial charge < -0.3 is 14.5 Å². The second-order valence-electron chi connectivity index (χ2n) is 19.4. The van der Waals surface area contributed by atoms with Crippen molar-refractivity contribution in [3.63, 3.8) is 0 Å². The maximum atomic E-state index is 7.08. The fourth-order valence-corrected chi connectivity index (χ4v) is 9.03. The summed E-state index contributed by atoms with van der Waals surface area (Å²) < 4.78 is 9.36. The zero-order chi connectivity index (χ0) is 42.8. The Morgan fingerprint density at radius 2 is 1.28 bits per heavy atom. The third-order valence-corrected chi connectivity index (χ3v) is 12.4. The van der Waals surface area contributed by atoms with E-state index in [4.69, 9.17) is 9.72 Å². The van der Waals surface area contributed by atoms with E-state index in [0.29, 0.717) is 11.8 Å². The highest BCUT2D eigenvalue weighted by Gasteiger charge is 2.33. The second-order valence-corrected chi connectivity index (χ2v) is 19.4. The monoisotopic (exact) mass is 802 g/mol. The molecule has 5 aromatic carbocycles. The van der Waals surface area contributed by atoms with Crippen molar-refractivity contribution >= 4 is 33.2 Å². The van der Waals surface area contributed by atoms with Crippen molar-refractivity contribution < 1.29 is 4.74 Å². The van der Waals surface area contributed by atoms with E-state index < -0.39 is 0 Å². The molecular weight excluding hydrogens is 745 g/mol. The lowest BCUT2D eigenvalue weighted by molar-refractivity contribution is 0.470. The van der Waals surface area contributed by atoms with Crippen LogP contribution in [0.4, 0.5) is 5.69 Å². The molecular formula is C56H58N4O. The summed E-state index contributed by atoms with van der Waals surface area (Å²) in [5.41, 5.74) is 13.3. The molecule has 0 spiro atoms. The van der Waals surface area contributed by atoms with Gasteiger partial charge in [-0.2, -0.15) is 0 Å². The average Bonchev–Trinajstić information content (AvgIpc) is 3.79. The molecule has 1 unspecified atom stereocenters. The molecule has 0 bridgehead atoms. The highest BCUT2D eigenvalue weighted by Crippen LogP contribution is 2.44. The van der Waals surface area contributed by atoms with Crippen molar-refractivity contribution in [2.75, 3.05) is 4.90 Å². The molecule has 61 heavy (non-hydrogen) atoms. The number of hydrogen-bond donors (Lipinski definition) is 0. The summed E-state index contributed by atoms with van der Waals surface area (Å²) in [7, 11) is 0. The van der Waals surface area contributed by atoms with E-state index in [1.54, 1.807) is 0 Å². The number of pyridine rings is 1. The van der Waals surface area contributed by atoms with Crippen LogP contribution in [-0.4, -0.2) is 20.6 Å². The standard InChI is InChI=1S/C56H58N4O/c1-36(2)45-17-15-18-46(37(3)4)54(45)39-30-38(51-35-59(53-20-13-14-29-58(51)53)42-23-21-40(22-24-42)55(5,6)7)31-44(32-39)61-43-25-26-48-47-16-11-12-19-49(47)60(50(48)34-43)52-33-41(27-28-57-52)56(8,9)10/h11-37,53H,1-10H3. The van der Waals surface area contributed by atoms with Gasteiger partial charge in [0.25, 0.3) is 0 Å². The van der Waals surface area contributed by atoms with Gasteiger partial charge in [-0.3, -0.25) is 4.57 Å². The Morgan fingerprint density at radius 3 is 1.98 bits per heavy atom. The number of allylic oxidation sites excluding steroid dienone is 2. The Hall–Kier alpha value is -6.33. The Bertz CT molecular complexity index is 2850. The molecule has 0 aliphatic carbocycles. The first kappa shape index (κ1) is 40.1. The number of para-hydroxylation sites is 1. The van der Waals surface area contributed by atoms with Gasteiger partial charge in [0.15, 0.2) is 0 Å². The first-order chi connectivity index (χ1) is 29.2. The minimum atomic E-state index is -0.0139. The summed E-state index contributed by atoms with van der Waals surface area (Å²) in [6, 6.07) is 42.1. The molecule has 0 N–H and O–H groups in total. The number of benzene rings is 5. The molecule has 0 saturated carbocycles. The van der Waals surface area contributed by atoms with E-state index in [2.05, 4.69) is 229 Å². The summed E-state index contributed by atoms with van der Waals surface area (Å²) in [6.07, 6.45) is 13.0. The van der Waals surface area contributed by atoms with Crippen molar-refractivity contribution in [2.24, 2.45) is 0 Å². The van der Waals surface area contributed by atoms with Crippen molar-refractivity contribution in [1.29, 1.82) is 0 Å². The highest BCUT2D eigenvalue weighted by atomic mass is 16.5. The number of hydrogen-bond acceptors (Lipinski definition) is 4.